The first-order chi connectivity index (χ1) is 7.80. The van der Waals surface area contributed by atoms with Crippen LogP contribution in [0, 0.1) is 5.92 Å². The average molecular weight is 246 g/mol. The summed E-state index contributed by atoms with van der Waals surface area (Å²) < 4.78 is 5.27. The van der Waals surface area contributed by atoms with Crippen molar-refractivity contribution in [1.29, 1.82) is 0 Å². The molecule has 1 N–H and O–H groups in total. The monoisotopic (exact) mass is 245 g/mol. The molecule has 0 amide bonds. The van der Waals surface area contributed by atoms with E-state index in [2.05, 4.69) is 29.4 Å². The second-order valence-corrected chi connectivity index (χ2v) is 4.20. The molecule has 0 aromatic carbocycles. The van der Waals surface area contributed by atoms with Crippen molar-refractivity contribution in [3.8, 4) is 0 Å². The van der Waals surface area contributed by atoms with Gasteiger partial charge in [-0.25, -0.2) is 0 Å². The van der Waals surface area contributed by atoms with Crippen LogP contribution in [0.25, 0.3) is 0 Å². The minimum Gasteiger partial charge on any atom is -0.407 e. The summed E-state index contributed by atoms with van der Waals surface area (Å²) in [5, 5.41) is 10.8. The van der Waals surface area contributed by atoms with Crippen molar-refractivity contribution in [2.75, 3.05) is 11.9 Å². The maximum atomic E-state index is 5.57. The number of hydrogen-bond donors (Lipinski definition) is 1. The molecule has 0 fully saturated rings. The molecule has 16 heavy (non-hydrogen) atoms. The number of nitrogens with zero attached hydrogens (tertiary/aromatic N) is 2. The molecule has 0 saturated carbocycles. The summed E-state index contributed by atoms with van der Waals surface area (Å²) in [6, 6.07) is 0.477. The lowest BCUT2D eigenvalue weighted by Crippen LogP contribution is -2.13. The van der Waals surface area contributed by atoms with Crippen molar-refractivity contribution in [2.24, 2.45) is 5.92 Å². The van der Waals surface area contributed by atoms with Crippen molar-refractivity contribution in [2.45, 2.75) is 45.4 Å². The van der Waals surface area contributed by atoms with Crippen molar-refractivity contribution in [3.63, 3.8) is 0 Å². The van der Waals surface area contributed by atoms with Crippen LogP contribution in [0.2, 0.25) is 0 Å². The fourth-order valence-corrected chi connectivity index (χ4v) is 1.66. The largest absolute Gasteiger partial charge is 0.407 e. The maximum Gasteiger partial charge on any atom is 0.315 e. The van der Waals surface area contributed by atoms with E-state index in [1.807, 2.05) is 0 Å². The summed E-state index contributed by atoms with van der Waals surface area (Å²) in [5.41, 5.74) is 0. The third-order valence-corrected chi connectivity index (χ3v) is 2.90. The van der Waals surface area contributed by atoms with Crippen LogP contribution < -0.4 is 5.32 Å². The lowest BCUT2D eigenvalue weighted by molar-refractivity contribution is 0.460. The fourth-order valence-electron chi connectivity index (χ4n) is 1.55. The molecule has 4 nitrogen and oxygen atoms in total. The number of nitrogens with one attached hydrogen (secondary N) is 1. The minimum atomic E-state index is 0.266. The van der Waals surface area contributed by atoms with E-state index in [1.54, 1.807) is 0 Å². The van der Waals surface area contributed by atoms with E-state index >= 15 is 0 Å². The smallest absolute Gasteiger partial charge is 0.315 e. The number of rotatable bonds is 8. The Kier molecular flexibility index (Phi) is 6.23. The Morgan fingerprint density at radius 3 is 2.75 bits per heavy atom. The van der Waals surface area contributed by atoms with Gasteiger partial charge in [0.1, 0.15) is 5.88 Å². The van der Waals surface area contributed by atoms with E-state index in [9.17, 15) is 0 Å². The standard InChI is InChI=1S/C11H20ClN3O/c1-3-5-6-9(4-2)8-13-11-15-14-10(7-12)16-11/h9H,3-8H2,1-2H3,(H,13,15). The number of halogens is 1. The van der Waals surface area contributed by atoms with Gasteiger partial charge in [-0.1, -0.05) is 38.2 Å². The number of hydrogen-bond acceptors (Lipinski definition) is 4. The van der Waals surface area contributed by atoms with Crippen LogP contribution in [-0.2, 0) is 5.88 Å². The fraction of sp³-hybridized carbons (Fsp3) is 0.818. The maximum absolute atomic E-state index is 5.57. The Bertz CT molecular complexity index is 291. The zero-order valence-electron chi connectivity index (χ0n) is 10.0. The average Bonchev–Trinajstić information content (AvgIpc) is 2.77. The highest BCUT2D eigenvalue weighted by atomic mass is 35.5. The molecule has 5 heteroatoms. The molecule has 1 unspecified atom stereocenters. The number of aromatic nitrogens is 2. The molecular weight excluding hydrogens is 226 g/mol. The summed E-state index contributed by atoms with van der Waals surface area (Å²) in [7, 11) is 0. The second-order valence-electron chi connectivity index (χ2n) is 3.93. The third-order valence-electron chi connectivity index (χ3n) is 2.67. The summed E-state index contributed by atoms with van der Waals surface area (Å²) >= 11 is 5.57. The molecule has 1 heterocycles. The molecular formula is C11H20ClN3O. The molecule has 92 valence electrons. The van der Waals surface area contributed by atoms with Crippen LogP contribution in [-0.4, -0.2) is 16.7 Å². The van der Waals surface area contributed by atoms with Gasteiger partial charge in [-0.2, -0.15) is 0 Å². The van der Waals surface area contributed by atoms with E-state index in [-0.39, 0.29) is 5.88 Å². The van der Waals surface area contributed by atoms with Gasteiger partial charge in [-0.05, 0) is 12.3 Å². The van der Waals surface area contributed by atoms with Crippen LogP contribution in [0.5, 0.6) is 0 Å². The first kappa shape index (κ1) is 13.3. The highest BCUT2D eigenvalue weighted by molar-refractivity contribution is 6.16. The Hall–Kier alpha value is -0.770. The van der Waals surface area contributed by atoms with Gasteiger partial charge in [-0.15, -0.1) is 16.7 Å². The van der Waals surface area contributed by atoms with Crippen LogP contribution in [0.4, 0.5) is 6.01 Å². The van der Waals surface area contributed by atoms with E-state index < -0.39 is 0 Å². The first-order valence-electron chi connectivity index (χ1n) is 5.92. The summed E-state index contributed by atoms with van der Waals surface area (Å²) in [6.07, 6.45) is 4.93. The summed E-state index contributed by atoms with van der Waals surface area (Å²) in [6.45, 7) is 5.31. The molecule has 0 saturated heterocycles. The Morgan fingerprint density at radius 1 is 1.38 bits per heavy atom. The Balaban J connectivity index is 2.31. The van der Waals surface area contributed by atoms with Crippen LogP contribution in [0.15, 0.2) is 4.42 Å². The zero-order chi connectivity index (χ0) is 11.8. The van der Waals surface area contributed by atoms with Gasteiger partial charge < -0.3 is 9.73 Å². The summed E-state index contributed by atoms with van der Waals surface area (Å²) in [5.74, 6) is 1.40. The highest BCUT2D eigenvalue weighted by Gasteiger charge is 2.08. The van der Waals surface area contributed by atoms with Crippen LogP contribution in [0.3, 0.4) is 0 Å². The quantitative estimate of drug-likeness (QED) is 0.713. The molecule has 1 aromatic heterocycles. The van der Waals surface area contributed by atoms with Crippen LogP contribution >= 0.6 is 11.6 Å². The van der Waals surface area contributed by atoms with Crippen molar-refractivity contribution < 1.29 is 4.42 Å². The molecule has 0 aliphatic carbocycles. The van der Waals surface area contributed by atoms with Crippen LogP contribution in [0.1, 0.15) is 45.4 Å². The topological polar surface area (TPSA) is 51.0 Å². The second kappa shape index (κ2) is 7.49. The third kappa shape index (κ3) is 4.39. The SMILES string of the molecule is CCCCC(CC)CNc1nnc(CCl)o1. The minimum absolute atomic E-state index is 0.266. The zero-order valence-corrected chi connectivity index (χ0v) is 10.8. The molecule has 1 rings (SSSR count). The molecule has 0 bridgehead atoms. The van der Waals surface area contributed by atoms with E-state index in [0.717, 1.165) is 6.54 Å². The van der Waals surface area contributed by atoms with Gasteiger partial charge in [0, 0.05) is 6.54 Å². The van der Waals surface area contributed by atoms with Gasteiger partial charge in [-0.3, -0.25) is 0 Å². The predicted octanol–water partition coefficient (Wildman–Crippen LogP) is 3.44. The Morgan fingerprint density at radius 2 is 2.19 bits per heavy atom. The van der Waals surface area contributed by atoms with Crippen molar-refractivity contribution >= 4 is 17.6 Å². The van der Waals surface area contributed by atoms with Crippen molar-refractivity contribution in [3.05, 3.63) is 5.89 Å². The molecule has 0 radical (unpaired) electrons. The van der Waals surface area contributed by atoms with Gasteiger partial charge in [0.15, 0.2) is 0 Å². The lowest BCUT2D eigenvalue weighted by Gasteiger charge is -2.13. The number of unbranched alkanes of at least 4 members (excludes halogenated alkanes) is 1. The van der Waals surface area contributed by atoms with Gasteiger partial charge in [0.05, 0.1) is 0 Å². The normalized spacial score (nSPS) is 12.7. The van der Waals surface area contributed by atoms with Gasteiger partial charge >= 0.3 is 6.01 Å². The van der Waals surface area contributed by atoms with E-state index in [0.29, 0.717) is 17.8 Å². The number of anilines is 1. The highest BCUT2D eigenvalue weighted by Crippen LogP contribution is 2.14. The van der Waals surface area contributed by atoms with E-state index in [4.69, 9.17) is 16.0 Å². The molecule has 0 aliphatic rings. The predicted molar refractivity (Wildman–Crippen MR) is 65.7 cm³/mol. The first-order valence-corrected chi connectivity index (χ1v) is 6.45. The lowest BCUT2D eigenvalue weighted by atomic mass is 10.00. The molecule has 0 spiro atoms. The van der Waals surface area contributed by atoms with Gasteiger partial charge in [0.25, 0.3) is 0 Å². The van der Waals surface area contributed by atoms with Gasteiger partial charge in [0.2, 0.25) is 5.89 Å². The Labute approximate surface area is 102 Å². The molecule has 1 aromatic rings. The summed E-state index contributed by atoms with van der Waals surface area (Å²) in [4.78, 5) is 0. The van der Waals surface area contributed by atoms with Crippen molar-refractivity contribution in [1.82, 2.24) is 10.2 Å². The molecule has 0 aliphatic heterocycles. The number of alkyl halides is 1. The van der Waals surface area contributed by atoms with E-state index in [1.165, 1.54) is 25.7 Å². The molecule has 1 atom stereocenters.